The van der Waals surface area contributed by atoms with Gasteiger partial charge in [0.25, 0.3) is 5.91 Å². The molecule has 5 nitrogen and oxygen atoms in total. The highest BCUT2D eigenvalue weighted by Crippen LogP contribution is 2.21. The molecule has 0 saturated carbocycles. The van der Waals surface area contributed by atoms with E-state index in [1.54, 1.807) is 0 Å². The van der Waals surface area contributed by atoms with Crippen LogP contribution in [0.2, 0.25) is 5.02 Å². The Morgan fingerprint density at radius 1 is 1.47 bits per heavy atom. The molecule has 1 heterocycles. The molecular weight excluding hydrogens is 277 g/mol. The lowest BCUT2D eigenvalue weighted by molar-refractivity contribution is -0.144. The van der Waals surface area contributed by atoms with Crippen LogP contribution in [-0.4, -0.2) is 35.7 Å². The van der Waals surface area contributed by atoms with Crippen LogP contribution >= 0.6 is 11.6 Å². The van der Waals surface area contributed by atoms with Crippen molar-refractivity contribution in [1.82, 2.24) is 5.32 Å². The van der Waals surface area contributed by atoms with Crippen LogP contribution in [0.5, 0.6) is 0 Å². The Bertz CT molecular complexity index is 528. The number of carbonyl (C=O) groups excluding carboxylic acids is 1. The van der Waals surface area contributed by atoms with Crippen LogP contribution < -0.4 is 5.32 Å². The van der Waals surface area contributed by atoms with E-state index in [-0.39, 0.29) is 30.2 Å². The van der Waals surface area contributed by atoms with Crippen molar-refractivity contribution in [2.75, 3.05) is 13.2 Å². The molecule has 1 aliphatic heterocycles. The molecule has 7 heteroatoms. The van der Waals surface area contributed by atoms with E-state index in [4.69, 9.17) is 21.4 Å². The number of halogens is 2. The van der Waals surface area contributed by atoms with E-state index in [0.29, 0.717) is 0 Å². The number of carbonyl (C=O) groups is 2. The maximum Gasteiger partial charge on any atom is 0.331 e. The van der Waals surface area contributed by atoms with Gasteiger partial charge in [0.15, 0.2) is 5.54 Å². The standard InChI is InChI=1S/C12H11ClFNO4/c13-8-2-1-7(5-9(8)14)10(16)15-12(11(17)18)3-4-19-6-12/h1-2,5H,3-4,6H2,(H,15,16)(H,17,18). The summed E-state index contributed by atoms with van der Waals surface area (Å²) in [6.07, 6.45) is 0.171. The molecule has 1 fully saturated rings. The van der Waals surface area contributed by atoms with E-state index in [0.717, 1.165) is 6.07 Å². The molecular formula is C12H11ClFNO4. The van der Waals surface area contributed by atoms with Crippen LogP contribution in [0.25, 0.3) is 0 Å². The minimum Gasteiger partial charge on any atom is -0.479 e. The number of hydrogen-bond donors (Lipinski definition) is 2. The largest absolute Gasteiger partial charge is 0.479 e. The fraction of sp³-hybridized carbons (Fsp3) is 0.333. The molecule has 102 valence electrons. The smallest absolute Gasteiger partial charge is 0.331 e. The van der Waals surface area contributed by atoms with Crippen LogP contribution in [0.15, 0.2) is 18.2 Å². The Morgan fingerprint density at radius 2 is 2.21 bits per heavy atom. The highest BCUT2D eigenvalue weighted by atomic mass is 35.5. The molecule has 0 radical (unpaired) electrons. The second kappa shape index (κ2) is 5.14. The number of benzene rings is 1. The second-order valence-electron chi connectivity index (χ2n) is 4.27. The normalized spacial score (nSPS) is 22.2. The molecule has 1 aromatic carbocycles. The zero-order chi connectivity index (χ0) is 14.0. The third-order valence-electron chi connectivity index (χ3n) is 2.97. The van der Waals surface area contributed by atoms with Gasteiger partial charge in [-0.25, -0.2) is 9.18 Å². The first-order valence-corrected chi connectivity index (χ1v) is 5.91. The Morgan fingerprint density at radius 3 is 2.74 bits per heavy atom. The summed E-state index contributed by atoms with van der Waals surface area (Å²) >= 11 is 5.51. The van der Waals surface area contributed by atoms with E-state index in [1.165, 1.54) is 12.1 Å². The van der Waals surface area contributed by atoms with Gasteiger partial charge in [-0.15, -0.1) is 0 Å². The maximum absolute atomic E-state index is 13.3. The van der Waals surface area contributed by atoms with Crippen molar-refractivity contribution in [3.8, 4) is 0 Å². The van der Waals surface area contributed by atoms with Gasteiger partial charge in [0, 0.05) is 18.6 Å². The summed E-state index contributed by atoms with van der Waals surface area (Å²) in [4.78, 5) is 23.2. The Hall–Kier alpha value is -1.66. The molecule has 0 aliphatic carbocycles. The van der Waals surface area contributed by atoms with E-state index in [1.807, 2.05) is 0 Å². The summed E-state index contributed by atoms with van der Waals surface area (Å²) < 4.78 is 18.3. The maximum atomic E-state index is 13.3. The lowest BCUT2D eigenvalue weighted by Crippen LogP contribution is -2.55. The number of nitrogens with one attached hydrogen (secondary N) is 1. The third-order valence-corrected chi connectivity index (χ3v) is 3.27. The van der Waals surface area contributed by atoms with Crippen LogP contribution in [0.4, 0.5) is 4.39 Å². The van der Waals surface area contributed by atoms with Crippen molar-refractivity contribution in [2.45, 2.75) is 12.0 Å². The van der Waals surface area contributed by atoms with Gasteiger partial charge in [0.1, 0.15) is 5.82 Å². The Labute approximate surface area is 113 Å². The molecule has 1 aromatic rings. The number of hydrogen-bond acceptors (Lipinski definition) is 3. The molecule has 19 heavy (non-hydrogen) atoms. The summed E-state index contributed by atoms with van der Waals surface area (Å²) in [5.74, 6) is -2.59. The fourth-order valence-corrected chi connectivity index (χ4v) is 1.93. The Balaban J connectivity index is 2.20. The Kier molecular flexibility index (Phi) is 3.73. The number of amides is 1. The molecule has 1 saturated heterocycles. The first-order chi connectivity index (χ1) is 8.94. The van der Waals surface area contributed by atoms with Gasteiger partial charge < -0.3 is 15.2 Å². The molecule has 1 atom stereocenters. The van der Waals surface area contributed by atoms with E-state index in [9.17, 15) is 14.0 Å². The van der Waals surface area contributed by atoms with Crippen molar-refractivity contribution < 1.29 is 23.8 Å². The zero-order valence-corrected chi connectivity index (χ0v) is 10.5. The van der Waals surface area contributed by atoms with E-state index >= 15 is 0 Å². The summed E-state index contributed by atoms with van der Waals surface area (Å²) in [5, 5.41) is 11.4. The van der Waals surface area contributed by atoms with Crippen molar-refractivity contribution in [3.05, 3.63) is 34.6 Å². The van der Waals surface area contributed by atoms with Crippen LogP contribution in [0, 0.1) is 5.82 Å². The topological polar surface area (TPSA) is 75.6 Å². The van der Waals surface area contributed by atoms with Crippen molar-refractivity contribution in [1.29, 1.82) is 0 Å². The molecule has 0 bridgehead atoms. The molecule has 0 aromatic heterocycles. The molecule has 2 N–H and O–H groups in total. The van der Waals surface area contributed by atoms with Gasteiger partial charge in [-0.1, -0.05) is 11.6 Å². The van der Waals surface area contributed by atoms with Crippen molar-refractivity contribution in [2.24, 2.45) is 0 Å². The highest BCUT2D eigenvalue weighted by molar-refractivity contribution is 6.30. The second-order valence-corrected chi connectivity index (χ2v) is 4.68. The van der Waals surface area contributed by atoms with Crippen LogP contribution in [0.1, 0.15) is 16.8 Å². The SMILES string of the molecule is O=C(NC1(C(=O)O)CCOC1)c1ccc(Cl)c(F)c1. The van der Waals surface area contributed by atoms with Gasteiger partial charge >= 0.3 is 5.97 Å². The number of carboxylic acid groups (broad SMARTS) is 1. The summed E-state index contributed by atoms with van der Waals surface area (Å²) in [6.45, 7) is 0.145. The van der Waals surface area contributed by atoms with E-state index < -0.39 is 23.2 Å². The van der Waals surface area contributed by atoms with Crippen LogP contribution in [-0.2, 0) is 9.53 Å². The van der Waals surface area contributed by atoms with E-state index in [2.05, 4.69) is 5.32 Å². The molecule has 2 rings (SSSR count). The van der Waals surface area contributed by atoms with Gasteiger partial charge in [-0.2, -0.15) is 0 Å². The van der Waals surface area contributed by atoms with Crippen LogP contribution in [0.3, 0.4) is 0 Å². The molecule has 1 aliphatic rings. The predicted molar refractivity (Wildman–Crippen MR) is 64.7 cm³/mol. The number of rotatable bonds is 3. The average Bonchev–Trinajstić information content (AvgIpc) is 2.82. The average molecular weight is 288 g/mol. The summed E-state index contributed by atoms with van der Waals surface area (Å²) in [5.41, 5.74) is -1.44. The zero-order valence-electron chi connectivity index (χ0n) is 9.78. The van der Waals surface area contributed by atoms with Crippen molar-refractivity contribution in [3.63, 3.8) is 0 Å². The number of ether oxygens (including phenoxy) is 1. The van der Waals surface area contributed by atoms with Gasteiger partial charge in [0.05, 0.1) is 11.6 Å². The van der Waals surface area contributed by atoms with Gasteiger partial charge in [-0.05, 0) is 18.2 Å². The van der Waals surface area contributed by atoms with Gasteiger partial charge in [0.2, 0.25) is 0 Å². The minimum atomic E-state index is -1.45. The predicted octanol–water partition coefficient (Wildman–Crippen LogP) is 1.45. The monoisotopic (exact) mass is 287 g/mol. The minimum absolute atomic E-state index is 0.00873. The first-order valence-electron chi connectivity index (χ1n) is 5.53. The first kappa shape index (κ1) is 13.8. The summed E-state index contributed by atoms with van der Waals surface area (Å²) in [6, 6.07) is 3.53. The highest BCUT2D eigenvalue weighted by Gasteiger charge is 2.44. The quantitative estimate of drug-likeness (QED) is 0.882. The van der Waals surface area contributed by atoms with Gasteiger partial charge in [-0.3, -0.25) is 4.79 Å². The third kappa shape index (κ3) is 2.69. The molecule has 0 spiro atoms. The molecule has 1 amide bonds. The number of aliphatic carboxylic acids is 1. The lowest BCUT2D eigenvalue weighted by atomic mass is 9.98. The van der Waals surface area contributed by atoms with Crippen molar-refractivity contribution >= 4 is 23.5 Å². The lowest BCUT2D eigenvalue weighted by Gasteiger charge is -2.23. The molecule has 1 unspecified atom stereocenters. The fourth-order valence-electron chi connectivity index (χ4n) is 1.81. The summed E-state index contributed by atoms with van der Waals surface area (Å²) in [7, 11) is 0. The number of carboxylic acids is 1.